The minimum Gasteiger partial charge on any atom is -0.457 e. The molecule has 0 saturated carbocycles. The molecule has 0 aliphatic carbocycles. The molecule has 0 saturated heterocycles. The second-order valence-electron chi connectivity index (χ2n) is 36.9. The van der Waals surface area contributed by atoms with Crippen LogP contribution in [-0.2, 0) is 11.3 Å². The number of benzene rings is 20. The van der Waals surface area contributed by atoms with Gasteiger partial charge in [-0.25, -0.2) is 39.9 Å². The number of rotatable bonds is 19. The highest BCUT2D eigenvalue weighted by molar-refractivity contribution is 7.06. The van der Waals surface area contributed by atoms with Crippen molar-refractivity contribution in [2.24, 2.45) is 0 Å². The molecular formula is C122H74B3F8N9O3. The van der Waals surface area contributed by atoms with Gasteiger partial charge in [0.2, 0.25) is 0 Å². The number of para-hydroxylation sites is 8. The molecule has 145 heavy (non-hydrogen) atoms. The highest BCUT2D eigenvalue weighted by atomic mass is 19.2. The first kappa shape index (κ1) is 85.7. The van der Waals surface area contributed by atoms with Crippen molar-refractivity contribution in [3.8, 4) is 11.5 Å². The monoisotopic (exact) mass is 1900 g/mol. The lowest BCUT2D eigenvalue weighted by Crippen LogP contribution is -2.69. The first-order chi connectivity index (χ1) is 71.1. The van der Waals surface area contributed by atoms with Crippen LogP contribution in [0.15, 0.2) is 437 Å². The predicted molar refractivity (Wildman–Crippen MR) is 568 cm³/mol. The number of esters is 1. The van der Waals surface area contributed by atoms with Crippen molar-refractivity contribution >= 4 is 229 Å². The SMILES string of the molecule is O=C(OCc1ccccc1)c1cc2c3c(c1)N(c1cc(F)cc(F)c1)c1cc4c(cc1B3c1cc(N(c3ccccc3)c3ccccc3)ccc1N2c1cc(F)cc(F)c1)B1c2cc(N(c3ccccc3)c3ccccc3)cc3c2N2c5c(cc(N(c6ccccc6)c6ccccc6)cc5B5c6cc(N(c7ccccc7)c7ccccc7)ccc6N(c6cc(F)cc(F)c6)c6cc(c1c2c65)N4c1cc(F)cc(F)c1)O3. The van der Waals surface area contributed by atoms with Crippen LogP contribution in [-0.4, -0.2) is 26.1 Å². The number of ether oxygens (including phenoxy) is 2. The maximum atomic E-state index is 17.8. The molecule has 7 heterocycles. The Balaban J connectivity index is 0.812. The zero-order chi connectivity index (χ0) is 97.3. The van der Waals surface area contributed by atoms with E-state index in [1.165, 1.54) is 48.5 Å². The summed E-state index contributed by atoms with van der Waals surface area (Å²) in [6, 6.07) is 132. The zero-order valence-electron chi connectivity index (χ0n) is 76.8. The topological polar surface area (TPSA) is 64.7 Å². The van der Waals surface area contributed by atoms with Gasteiger partial charge in [-0.05, 0) is 273 Å². The molecule has 27 rings (SSSR count). The van der Waals surface area contributed by atoms with Crippen LogP contribution in [0.5, 0.6) is 11.5 Å². The van der Waals surface area contributed by atoms with Gasteiger partial charge >= 0.3 is 5.97 Å². The zero-order valence-corrected chi connectivity index (χ0v) is 76.8. The molecule has 0 spiro atoms. The Kier molecular flexibility index (Phi) is 20.0. The molecule has 23 heteroatoms. The summed E-state index contributed by atoms with van der Waals surface area (Å²) in [7, 11) is 0. The van der Waals surface area contributed by atoms with Crippen LogP contribution in [0.2, 0.25) is 0 Å². The fourth-order valence-corrected chi connectivity index (χ4v) is 22.9. The van der Waals surface area contributed by atoms with E-state index < -0.39 is 72.6 Å². The van der Waals surface area contributed by atoms with E-state index in [-0.39, 0.29) is 57.7 Å². The third kappa shape index (κ3) is 14.1. The Hall–Kier alpha value is -18.5. The van der Waals surface area contributed by atoms with E-state index in [2.05, 4.69) is 85.2 Å². The van der Waals surface area contributed by atoms with Crippen molar-refractivity contribution in [2.45, 2.75) is 6.61 Å². The minimum atomic E-state index is -1.08. The molecule has 12 nitrogen and oxygen atoms in total. The minimum absolute atomic E-state index is 0.00344. The summed E-state index contributed by atoms with van der Waals surface area (Å²) in [6.45, 7) is -3.22. The quantitative estimate of drug-likeness (QED) is 0.0440. The first-order valence-electron chi connectivity index (χ1n) is 47.7. The summed E-state index contributed by atoms with van der Waals surface area (Å²) >= 11 is 0. The number of nitrogens with zero attached hydrogens (tertiary/aromatic N) is 9. The van der Waals surface area contributed by atoms with Crippen molar-refractivity contribution in [2.75, 3.05) is 44.1 Å². The van der Waals surface area contributed by atoms with Gasteiger partial charge in [-0.1, -0.05) is 182 Å². The highest BCUT2D eigenvalue weighted by Crippen LogP contribution is 2.60. The standard InChI is InChI=1S/C122H74B3F8N9O3/c126-76-52-77(127)57-94(56-76)138-106-48-46-92(134(84-30-12-2-13-31-84)85-32-14-3-15-33-85)64-100(106)123-102-70-103-109(71-108(102)140(96-60-80(130)54-81(131)61-96)111-51-75(50-110(138)116(111)123)122(143)144-73-74-28-10-1-11-29-74)141(97-62-82(132)55-83(133)63-97)113-72-112-117-121-118(113)125(103)105-67-99(137(90-42-24-8-25-43-90)91-44-26-9-27-45-91)69-115-120(105)142(121)119-104(66-98(68-114(119)145-115)136(88-38-20-6-21-39-88)89-40-22-7-23-41-89)124(117)101-65-93(47-49-107(101)139(112)95-58-78(128)53-79(129)59-95)135(86-34-16-4-17-35-86)87-36-18-5-19-37-87/h1-72H,73H2. The lowest BCUT2D eigenvalue weighted by Gasteiger charge is -2.53. The molecule has 690 valence electrons. The maximum absolute atomic E-state index is 17.8. The number of carbonyl (C=O) groups excluding carboxylic acids is 1. The summed E-state index contributed by atoms with van der Waals surface area (Å²) in [5.74, 6) is -7.52. The van der Waals surface area contributed by atoms with Gasteiger partial charge in [-0.3, -0.25) is 0 Å². The molecule has 0 radical (unpaired) electrons. The van der Waals surface area contributed by atoms with Gasteiger partial charge in [0.25, 0.3) is 20.1 Å². The molecule has 20 aromatic rings. The van der Waals surface area contributed by atoms with Gasteiger partial charge in [0.1, 0.15) is 53.1 Å². The second-order valence-corrected chi connectivity index (χ2v) is 36.9. The average molecular weight is 1900 g/mol. The smallest absolute Gasteiger partial charge is 0.338 e. The average Bonchev–Trinajstić information content (AvgIpc) is 0.654. The Bertz CT molecular complexity index is 8470. The van der Waals surface area contributed by atoms with Gasteiger partial charge in [0.15, 0.2) is 11.5 Å². The number of fused-ring (bicyclic) bond motifs is 10. The molecule has 7 aliphatic rings. The fraction of sp³-hybridized carbons (Fsp3) is 0.00820. The van der Waals surface area contributed by atoms with Crippen LogP contribution in [0.25, 0.3) is 0 Å². The summed E-state index contributed by atoms with van der Waals surface area (Å²) < 4.78 is 153. The number of carbonyl (C=O) groups is 1. The summed E-state index contributed by atoms with van der Waals surface area (Å²) in [4.78, 5) is 33.7. The van der Waals surface area contributed by atoms with Crippen LogP contribution in [0.4, 0.5) is 189 Å². The third-order valence-electron chi connectivity index (χ3n) is 28.4. The third-order valence-corrected chi connectivity index (χ3v) is 28.4. The molecule has 0 bridgehead atoms. The lowest BCUT2D eigenvalue weighted by atomic mass is 9.27. The van der Waals surface area contributed by atoms with E-state index in [0.29, 0.717) is 118 Å². The lowest BCUT2D eigenvalue weighted by molar-refractivity contribution is 0.0472. The molecule has 0 N–H and O–H groups in total. The molecule has 20 aromatic carbocycles. The van der Waals surface area contributed by atoms with Crippen molar-refractivity contribution < 1.29 is 49.4 Å². The molecule has 0 fully saturated rings. The van der Waals surface area contributed by atoms with E-state index >= 15 is 39.9 Å². The van der Waals surface area contributed by atoms with E-state index in [9.17, 15) is 0 Å². The van der Waals surface area contributed by atoms with Crippen LogP contribution < -0.4 is 98.0 Å². The number of hydrogen-bond acceptors (Lipinski definition) is 12. The normalized spacial score (nSPS) is 13.0. The van der Waals surface area contributed by atoms with Crippen LogP contribution in [0, 0.1) is 46.5 Å². The molecule has 7 aliphatic heterocycles. The second kappa shape index (κ2) is 33.9. The maximum Gasteiger partial charge on any atom is 0.338 e. The van der Waals surface area contributed by atoms with Crippen molar-refractivity contribution in [3.05, 3.63) is 494 Å². The highest BCUT2D eigenvalue weighted by Gasteiger charge is 2.57. The van der Waals surface area contributed by atoms with Gasteiger partial charge in [0, 0.05) is 156 Å². The van der Waals surface area contributed by atoms with Crippen LogP contribution in [0.3, 0.4) is 0 Å². The fourth-order valence-electron chi connectivity index (χ4n) is 22.9. The Morgan fingerprint density at radius 1 is 0.228 bits per heavy atom. The molecule has 0 unspecified atom stereocenters. The molecule has 0 amide bonds. The van der Waals surface area contributed by atoms with E-state index in [1.807, 2.05) is 296 Å². The van der Waals surface area contributed by atoms with Gasteiger partial charge in [-0.15, -0.1) is 0 Å². The number of anilines is 27. The Morgan fingerprint density at radius 2 is 0.490 bits per heavy atom. The molecular weight excluding hydrogens is 1820 g/mol. The Labute approximate surface area is 829 Å². The first-order valence-corrected chi connectivity index (χ1v) is 47.7. The summed E-state index contributed by atoms with van der Waals surface area (Å²) in [5.41, 5.74) is 19.3. The molecule has 0 aromatic heterocycles. The summed E-state index contributed by atoms with van der Waals surface area (Å²) in [6.07, 6.45) is 0. The van der Waals surface area contributed by atoms with Crippen LogP contribution >= 0.6 is 0 Å². The number of halogens is 8. The van der Waals surface area contributed by atoms with Crippen LogP contribution in [0.1, 0.15) is 15.9 Å². The van der Waals surface area contributed by atoms with Gasteiger partial charge in [0.05, 0.1) is 39.7 Å². The van der Waals surface area contributed by atoms with Crippen molar-refractivity contribution in [1.82, 2.24) is 0 Å². The Morgan fingerprint density at radius 3 is 0.807 bits per heavy atom. The largest absolute Gasteiger partial charge is 0.457 e. The predicted octanol–water partition coefficient (Wildman–Crippen LogP) is 26.9. The van der Waals surface area contributed by atoms with Gasteiger partial charge in [-0.2, -0.15) is 0 Å². The van der Waals surface area contributed by atoms with Gasteiger partial charge < -0.3 is 53.6 Å². The van der Waals surface area contributed by atoms with E-state index in [1.54, 1.807) is 26.8 Å². The summed E-state index contributed by atoms with van der Waals surface area (Å²) in [5, 5.41) is 0. The van der Waals surface area contributed by atoms with Crippen molar-refractivity contribution in [1.29, 1.82) is 0 Å². The van der Waals surface area contributed by atoms with E-state index in [0.717, 1.165) is 80.9 Å². The van der Waals surface area contributed by atoms with Crippen molar-refractivity contribution in [3.63, 3.8) is 0 Å². The molecule has 0 atom stereocenters. The van der Waals surface area contributed by atoms with E-state index in [4.69, 9.17) is 9.47 Å². The number of hydrogen-bond donors (Lipinski definition) is 0.